The Labute approximate surface area is 157 Å². The average Bonchev–Trinajstić information content (AvgIpc) is 2.34. The summed E-state index contributed by atoms with van der Waals surface area (Å²) in [6.45, 7) is 6.41. The standard InChI is InChI=1S/C14H32O9P2S/c1-13(2,22-24(15,16)17)9-5-7-11-26(21)12-8-6-10-14(3,4)23-25(18,19)20/h5-12H2,1-4H3,(H2,15,16,17)(H2,18,19,20). The highest BCUT2D eigenvalue weighted by molar-refractivity contribution is 7.84. The molecular formula is C14H32O9P2S. The van der Waals surface area contributed by atoms with Crippen LogP contribution >= 0.6 is 15.6 Å². The second-order valence-corrected chi connectivity index (χ2v) is 11.5. The number of hydrogen-bond acceptors (Lipinski definition) is 5. The smallest absolute Gasteiger partial charge is 0.303 e. The predicted molar refractivity (Wildman–Crippen MR) is 100.0 cm³/mol. The molecule has 9 nitrogen and oxygen atoms in total. The van der Waals surface area contributed by atoms with E-state index in [1.807, 2.05) is 0 Å². The molecule has 0 aromatic carbocycles. The summed E-state index contributed by atoms with van der Waals surface area (Å²) in [6.07, 6.45) is 3.50. The van der Waals surface area contributed by atoms with E-state index in [4.69, 9.17) is 28.6 Å². The van der Waals surface area contributed by atoms with E-state index >= 15 is 0 Å². The zero-order valence-corrected chi connectivity index (χ0v) is 18.4. The summed E-state index contributed by atoms with van der Waals surface area (Å²) in [7, 11) is -10.0. The van der Waals surface area contributed by atoms with Gasteiger partial charge in [0.05, 0.1) is 11.2 Å². The summed E-state index contributed by atoms with van der Waals surface area (Å²) < 4.78 is 43.1. The Bertz CT molecular complexity index is 493. The Morgan fingerprint density at radius 2 is 1.04 bits per heavy atom. The highest BCUT2D eigenvalue weighted by Crippen LogP contribution is 2.43. The molecule has 26 heavy (non-hydrogen) atoms. The molecule has 0 amide bonds. The van der Waals surface area contributed by atoms with Crippen LogP contribution in [0.25, 0.3) is 0 Å². The molecule has 0 aromatic rings. The third kappa shape index (κ3) is 16.5. The topological polar surface area (TPSA) is 151 Å². The molecule has 0 aliphatic heterocycles. The van der Waals surface area contributed by atoms with Crippen LogP contribution in [-0.2, 0) is 29.0 Å². The van der Waals surface area contributed by atoms with Gasteiger partial charge in [0.2, 0.25) is 0 Å². The molecule has 0 radical (unpaired) electrons. The molecule has 0 saturated heterocycles. The molecule has 0 aliphatic carbocycles. The summed E-state index contributed by atoms with van der Waals surface area (Å²) in [5.74, 6) is 0.989. The fourth-order valence-corrected chi connectivity index (χ4v) is 5.19. The number of unbranched alkanes of at least 4 members (excludes halogenated alkanes) is 2. The van der Waals surface area contributed by atoms with E-state index in [0.717, 1.165) is 0 Å². The van der Waals surface area contributed by atoms with E-state index in [9.17, 15) is 13.3 Å². The molecule has 0 aliphatic rings. The lowest BCUT2D eigenvalue weighted by Crippen LogP contribution is -2.23. The Morgan fingerprint density at radius 1 is 0.731 bits per heavy atom. The van der Waals surface area contributed by atoms with Crippen LogP contribution in [0.4, 0.5) is 0 Å². The van der Waals surface area contributed by atoms with Gasteiger partial charge < -0.3 is 19.6 Å². The van der Waals surface area contributed by atoms with Gasteiger partial charge in [-0.25, -0.2) is 9.13 Å². The van der Waals surface area contributed by atoms with Crippen LogP contribution in [-0.4, -0.2) is 46.5 Å². The summed E-state index contributed by atoms with van der Waals surface area (Å²) in [5, 5.41) is 0. The minimum Gasteiger partial charge on any atom is -0.303 e. The SMILES string of the molecule is CC(C)(CCCCS(=O)CCCCC(C)(C)OP(=O)(O)O)OP(=O)(O)O. The van der Waals surface area contributed by atoms with E-state index < -0.39 is 37.6 Å². The molecule has 12 heteroatoms. The monoisotopic (exact) mass is 438 g/mol. The van der Waals surface area contributed by atoms with Crippen molar-refractivity contribution in [1.82, 2.24) is 0 Å². The normalized spacial score (nSPS) is 14.2. The predicted octanol–water partition coefficient (Wildman–Crippen LogP) is 2.85. The lowest BCUT2D eigenvalue weighted by molar-refractivity contribution is 0.0548. The van der Waals surface area contributed by atoms with Crippen LogP contribution in [0.15, 0.2) is 0 Å². The third-order valence-electron chi connectivity index (χ3n) is 3.53. The van der Waals surface area contributed by atoms with Crippen molar-refractivity contribution in [3.8, 4) is 0 Å². The molecule has 0 unspecified atom stereocenters. The number of phosphoric acid groups is 2. The minimum absolute atomic E-state index is 0.448. The molecule has 0 bridgehead atoms. The van der Waals surface area contributed by atoms with Gasteiger partial charge in [0.25, 0.3) is 0 Å². The maximum Gasteiger partial charge on any atom is 0.470 e. The Morgan fingerprint density at radius 3 is 1.31 bits per heavy atom. The molecule has 158 valence electrons. The van der Waals surface area contributed by atoms with Crippen LogP contribution in [0.5, 0.6) is 0 Å². The van der Waals surface area contributed by atoms with Crippen LogP contribution in [0.1, 0.15) is 66.2 Å². The maximum absolute atomic E-state index is 11.9. The van der Waals surface area contributed by atoms with Crippen molar-refractivity contribution in [2.75, 3.05) is 11.5 Å². The zero-order chi connectivity index (χ0) is 20.6. The number of rotatable bonds is 14. The van der Waals surface area contributed by atoms with Crippen molar-refractivity contribution in [2.24, 2.45) is 0 Å². The van der Waals surface area contributed by atoms with E-state index in [2.05, 4.69) is 0 Å². The fraction of sp³-hybridized carbons (Fsp3) is 1.00. The van der Waals surface area contributed by atoms with E-state index in [1.165, 1.54) is 0 Å². The van der Waals surface area contributed by atoms with Crippen LogP contribution in [0, 0.1) is 0 Å². The molecular weight excluding hydrogens is 406 g/mol. The lowest BCUT2D eigenvalue weighted by Gasteiger charge is -2.25. The number of phosphoric ester groups is 2. The van der Waals surface area contributed by atoms with Gasteiger partial charge in [-0.2, -0.15) is 0 Å². The Hall–Kier alpha value is 0.370. The Kier molecular flexibility index (Phi) is 10.9. The molecule has 0 saturated carbocycles. The highest BCUT2D eigenvalue weighted by atomic mass is 32.2. The number of hydrogen-bond donors (Lipinski definition) is 4. The van der Waals surface area contributed by atoms with Crippen LogP contribution in [0.2, 0.25) is 0 Å². The summed E-state index contributed by atoms with van der Waals surface area (Å²) in [5.41, 5.74) is -1.88. The molecule has 0 rings (SSSR count). The van der Waals surface area contributed by atoms with Gasteiger partial charge in [0, 0.05) is 22.3 Å². The van der Waals surface area contributed by atoms with Gasteiger partial charge in [-0.1, -0.05) is 0 Å². The Balaban J connectivity index is 3.91. The van der Waals surface area contributed by atoms with Crippen molar-refractivity contribution in [1.29, 1.82) is 0 Å². The first-order chi connectivity index (χ1) is 11.5. The average molecular weight is 438 g/mol. The zero-order valence-electron chi connectivity index (χ0n) is 15.8. The van der Waals surface area contributed by atoms with Gasteiger partial charge in [-0.05, 0) is 66.2 Å². The van der Waals surface area contributed by atoms with E-state index in [-0.39, 0.29) is 0 Å². The quantitative estimate of drug-likeness (QED) is 0.237. The summed E-state index contributed by atoms with van der Waals surface area (Å²) in [6, 6.07) is 0. The molecule has 0 aromatic heterocycles. The van der Waals surface area contributed by atoms with Gasteiger partial charge >= 0.3 is 15.6 Å². The molecule has 0 fully saturated rings. The highest BCUT2D eigenvalue weighted by Gasteiger charge is 2.29. The minimum atomic E-state index is -4.52. The van der Waals surface area contributed by atoms with Crippen molar-refractivity contribution < 1.29 is 42.0 Å². The first kappa shape index (κ1) is 26.4. The second kappa shape index (κ2) is 10.8. The van der Waals surface area contributed by atoms with Gasteiger partial charge in [-0.15, -0.1) is 0 Å². The van der Waals surface area contributed by atoms with Gasteiger partial charge in [0.1, 0.15) is 0 Å². The fourth-order valence-electron chi connectivity index (χ4n) is 2.46. The molecule has 0 heterocycles. The lowest BCUT2D eigenvalue weighted by atomic mass is 10.0. The molecule has 0 atom stereocenters. The van der Waals surface area contributed by atoms with Gasteiger partial charge in [0.15, 0.2) is 0 Å². The maximum atomic E-state index is 11.9. The third-order valence-corrected chi connectivity index (χ3v) is 6.49. The molecule has 4 N–H and O–H groups in total. The van der Waals surface area contributed by atoms with Crippen LogP contribution in [0.3, 0.4) is 0 Å². The van der Waals surface area contributed by atoms with E-state index in [1.54, 1.807) is 27.7 Å². The van der Waals surface area contributed by atoms with Crippen molar-refractivity contribution in [2.45, 2.75) is 77.4 Å². The molecule has 0 spiro atoms. The first-order valence-corrected chi connectivity index (χ1v) is 12.9. The largest absolute Gasteiger partial charge is 0.470 e. The van der Waals surface area contributed by atoms with Crippen molar-refractivity contribution in [3.63, 3.8) is 0 Å². The second-order valence-electron chi connectivity index (χ2n) is 7.45. The first-order valence-electron chi connectivity index (χ1n) is 8.39. The van der Waals surface area contributed by atoms with E-state index in [0.29, 0.717) is 50.0 Å². The van der Waals surface area contributed by atoms with Crippen LogP contribution < -0.4 is 0 Å². The van der Waals surface area contributed by atoms with Crippen molar-refractivity contribution in [3.05, 3.63) is 0 Å². The summed E-state index contributed by atoms with van der Waals surface area (Å²) in [4.78, 5) is 35.3. The van der Waals surface area contributed by atoms with Gasteiger partial charge in [-0.3, -0.25) is 13.3 Å². The summed E-state index contributed by atoms with van der Waals surface area (Å²) >= 11 is 0. The van der Waals surface area contributed by atoms with Crippen molar-refractivity contribution >= 4 is 26.4 Å².